The van der Waals surface area contributed by atoms with Gasteiger partial charge in [0, 0.05) is 6.20 Å². The lowest BCUT2D eigenvalue weighted by atomic mass is 10.1. The van der Waals surface area contributed by atoms with Crippen molar-refractivity contribution in [1.82, 2.24) is 9.55 Å². The molecular weight excluding hydrogens is 246 g/mol. The van der Waals surface area contributed by atoms with Crippen molar-refractivity contribution < 1.29 is 24.9 Å². The molecule has 18 heavy (non-hydrogen) atoms. The Balaban J connectivity index is 2.35. The van der Waals surface area contributed by atoms with Crippen LogP contribution in [0.2, 0.25) is 0 Å². The molecule has 1 aliphatic rings. The van der Waals surface area contributed by atoms with E-state index in [9.17, 15) is 19.8 Å². The van der Waals surface area contributed by atoms with Crippen LogP contribution in [0.5, 0.6) is 0 Å². The lowest BCUT2D eigenvalue weighted by Gasteiger charge is -2.16. The van der Waals surface area contributed by atoms with Crippen LogP contribution < -0.4 is 11.4 Å². The zero-order valence-electron chi connectivity index (χ0n) is 9.00. The number of aliphatic hydroxyl groups is 2. The van der Waals surface area contributed by atoms with E-state index in [-0.39, 0.29) is 5.82 Å². The number of aliphatic carboxylic acids is 1. The molecule has 1 fully saturated rings. The highest BCUT2D eigenvalue weighted by molar-refractivity contribution is 5.73. The summed E-state index contributed by atoms with van der Waals surface area (Å²) in [5.41, 5.74) is 4.48. The summed E-state index contributed by atoms with van der Waals surface area (Å²) in [6, 6.07) is 1.29. The molecule has 1 aromatic heterocycles. The highest BCUT2D eigenvalue weighted by atomic mass is 16.6. The molecule has 1 aromatic rings. The Morgan fingerprint density at radius 3 is 2.61 bits per heavy atom. The first-order valence-corrected chi connectivity index (χ1v) is 5.01. The Labute approximate surface area is 100 Å². The van der Waals surface area contributed by atoms with E-state index in [4.69, 9.17) is 15.6 Å². The van der Waals surface area contributed by atoms with Gasteiger partial charge in [-0.05, 0) is 6.07 Å². The summed E-state index contributed by atoms with van der Waals surface area (Å²) < 4.78 is 5.80. The molecule has 0 spiro atoms. The molecule has 0 unspecified atom stereocenters. The van der Waals surface area contributed by atoms with Crippen molar-refractivity contribution in [2.45, 2.75) is 24.5 Å². The molecule has 4 atom stereocenters. The Morgan fingerprint density at radius 2 is 2.11 bits per heavy atom. The minimum absolute atomic E-state index is 0.0148. The van der Waals surface area contributed by atoms with Gasteiger partial charge in [0.05, 0.1) is 0 Å². The van der Waals surface area contributed by atoms with Crippen LogP contribution in [-0.2, 0) is 9.53 Å². The third kappa shape index (κ3) is 1.94. The SMILES string of the molecule is Nc1ccn([C@@H]2O[C@H](C(=O)O)[C@@H](O)[C@H]2O)c(=O)n1. The van der Waals surface area contributed by atoms with Crippen molar-refractivity contribution in [3.05, 3.63) is 22.7 Å². The summed E-state index contributed by atoms with van der Waals surface area (Å²) in [7, 11) is 0. The highest BCUT2D eigenvalue weighted by Gasteiger charge is 2.47. The Morgan fingerprint density at radius 1 is 1.44 bits per heavy atom. The predicted molar refractivity (Wildman–Crippen MR) is 56.5 cm³/mol. The number of hydrogen-bond donors (Lipinski definition) is 4. The van der Waals surface area contributed by atoms with Gasteiger partial charge in [-0.2, -0.15) is 4.98 Å². The average molecular weight is 257 g/mol. The van der Waals surface area contributed by atoms with E-state index in [0.29, 0.717) is 0 Å². The van der Waals surface area contributed by atoms with Gasteiger partial charge in [0.1, 0.15) is 18.0 Å². The van der Waals surface area contributed by atoms with Crippen LogP contribution >= 0.6 is 0 Å². The molecule has 9 heteroatoms. The number of carbonyl (C=O) groups is 1. The topological polar surface area (TPSA) is 148 Å². The zero-order valence-corrected chi connectivity index (χ0v) is 9.00. The Kier molecular flexibility index (Phi) is 3.03. The van der Waals surface area contributed by atoms with E-state index in [2.05, 4.69) is 4.98 Å². The maximum absolute atomic E-state index is 11.5. The normalized spacial score (nSPS) is 31.4. The van der Waals surface area contributed by atoms with Crippen LogP contribution in [0.1, 0.15) is 6.23 Å². The molecule has 9 nitrogen and oxygen atoms in total. The lowest BCUT2D eigenvalue weighted by molar-refractivity contribution is -0.155. The van der Waals surface area contributed by atoms with E-state index in [1.54, 1.807) is 0 Å². The van der Waals surface area contributed by atoms with Gasteiger partial charge in [-0.25, -0.2) is 9.59 Å². The summed E-state index contributed by atoms with van der Waals surface area (Å²) in [5.74, 6) is -1.44. The molecule has 0 saturated carbocycles. The van der Waals surface area contributed by atoms with Gasteiger partial charge in [-0.3, -0.25) is 4.57 Å². The second-order valence-electron chi connectivity index (χ2n) is 3.81. The lowest BCUT2D eigenvalue weighted by Crippen LogP contribution is -2.37. The Bertz CT molecular complexity index is 529. The summed E-state index contributed by atoms with van der Waals surface area (Å²) in [6.45, 7) is 0. The monoisotopic (exact) mass is 257 g/mol. The van der Waals surface area contributed by atoms with Crippen molar-refractivity contribution in [2.75, 3.05) is 5.73 Å². The number of nitrogens with two attached hydrogens (primary N) is 1. The van der Waals surface area contributed by atoms with Crippen LogP contribution in [0, 0.1) is 0 Å². The van der Waals surface area contributed by atoms with E-state index < -0.39 is 36.2 Å². The number of nitrogen functional groups attached to an aromatic ring is 1. The molecule has 0 bridgehead atoms. The first-order valence-electron chi connectivity index (χ1n) is 5.01. The molecule has 98 valence electrons. The van der Waals surface area contributed by atoms with Crippen molar-refractivity contribution in [3.63, 3.8) is 0 Å². The van der Waals surface area contributed by atoms with E-state index in [0.717, 1.165) is 4.57 Å². The smallest absolute Gasteiger partial charge is 0.351 e. The van der Waals surface area contributed by atoms with E-state index >= 15 is 0 Å². The molecule has 1 aliphatic heterocycles. The van der Waals surface area contributed by atoms with Crippen LogP contribution in [0.15, 0.2) is 17.1 Å². The standard InChI is InChI=1S/C9H11N3O6/c10-3-1-2-12(9(17)11-3)7-5(14)4(13)6(18-7)8(15)16/h1-2,4-7,13-14H,(H,15,16)(H2,10,11,17)/t4-,5+,6-,7+/m0/s1. The van der Waals surface area contributed by atoms with Crippen molar-refractivity contribution in [3.8, 4) is 0 Å². The number of aliphatic hydroxyl groups excluding tert-OH is 2. The second kappa shape index (κ2) is 4.37. The van der Waals surface area contributed by atoms with E-state index in [1.807, 2.05) is 0 Å². The molecule has 0 amide bonds. The third-order valence-corrected chi connectivity index (χ3v) is 2.61. The van der Waals surface area contributed by atoms with Gasteiger partial charge in [0.25, 0.3) is 0 Å². The summed E-state index contributed by atoms with van der Waals surface area (Å²) in [4.78, 5) is 25.7. The number of carboxylic acids is 1. The van der Waals surface area contributed by atoms with Crippen LogP contribution in [0.4, 0.5) is 5.82 Å². The molecule has 5 N–H and O–H groups in total. The maximum Gasteiger partial charge on any atom is 0.351 e. The summed E-state index contributed by atoms with van der Waals surface area (Å²) in [6.07, 6.45) is -4.89. The number of nitrogens with zero attached hydrogens (tertiary/aromatic N) is 2. The number of ether oxygens (including phenoxy) is 1. The number of aromatic nitrogens is 2. The van der Waals surface area contributed by atoms with E-state index in [1.165, 1.54) is 12.3 Å². The molecule has 0 aromatic carbocycles. The first-order chi connectivity index (χ1) is 8.41. The molecule has 0 aliphatic carbocycles. The summed E-state index contributed by atoms with van der Waals surface area (Å²) in [5, 5.41) is 27.9. The number of carboxylic acid groups (broad SMARTS) is 1. The van der Waals surface area contributed by atoms with Crippen molar-refractivity contribution in [1.29, 1.82) is 0 Å². The van der Waals surface area contributed by atoms with Crippen molar-refractivity contribution >= 4 is 11.8 Å². The molecular formula is C9H11N3O6. The number of rotatable bonds is 2. The van der Waals surface area contributed by atoms with Crippen LogP contribution in [0.25, 0.3) is 0 Å². The fourth-order valence-corrected chi connectivity index (χ4v) is 1.71. The molecule has 2 heterocycles. The molecule has 1 saturated heterocycles. The Hall–Kier alpha value is -1.97. The number of hydrogen-bond acceptors (Lipinski definition) is 7. The fraction of sp³-hybridized carbons (Fsp3) is 0.444. The zero-order chi connectivity index (χ0) is 13.4. The van der Waals surface area contributed by atoms with Gasteiger partial charge in [-0.1, -0.05) is 0 Å². The number of anilines is 1. The minimum atomic E-state index is -1.63. The van der Waals surface area contributed by atoms with Gasteiger partial charge in [-0.15, -0.1) is 0 Å². The van der Waals surface area contributed by atoms with Gasteiger partial charge >= 0.3 is 11.7 Å². The van der Waals surface area contributed by atoms with Crippen LogP contribution in [-0.4, -0.2) is 49.2 Å². The maximum atomic E-state index is 11.5. The molecule has 2 rings (SSSR count). The third-order valence-electron chi connectivity index (χ3n) is 2.61. The minimum Gasteiger partial charge on any atom is -0.479 e. The second-order valence-corrected chi connectivity index (χ2v) is 3.81. The van der Waals surface area contributed by atoms with Crippen molar-refractivity contribution in [2.24, 2.45) is 0 Å². The van der Waals surface area contributed by atoms with Gasteiger partial charge in [0.2, 0.25) is 0 Å². The molecule has 0 radical (unpaired) electrons. The predicted octanol–water partition coefficient (Wildman–Crippen LogP) is -2.47. The van der Waals surface area contributed by atoms with Gasteiger partial charge < -0.3 is 25.8 Å². The highest BCUT2D eigenvalue weighted by Crippen LogP contribution is 2.28. The fourth-order valence-electron chi connectivity index (χ4n) is 1.71. The van der Waals surface area contributed by atoms with Gasteiger partial charge in [0.15, 0.2) is 12.3 Å². The average Bonchev–Trinajstić information content (AvgIpc) is 2.57. The van der Waals surface area contributed by atoms with Crippen LogP contribution in [0.3, 0.4) is 0 Å². The quantitative estimate of drug-likeness (QED) is 0.455. The summed E-state index contributed by atoms with van der Waals surface area (Å²) >= 11 is 0. The first kappa shape index (κ1) is 12.5. The largest absolute Gasteiger partial charge is 0.479 e.